The van der Waals surface area contributed by atoms with Crippen LogP contribution in [0.5, 0.6) is 0 Å². The van der Waals surface area contributed by atoms with E-state index in [0.29, 0.717) is 33.7 Å². The van der Waals surface area contributed by atoms with E-state index in [4.69, 9.17) is 16.7 Å². The van der Waals surface area contributed by atoms with Gasteiger partial charge in [-0.15, -0.1) is 5.10 Å². The molecule has 1 unspecified atom stereocenters. The zero-order valence-corrected chi connectivity index (χ0v) is 23.6. The molecule has 1 aliphatic rings. The number of nitrogens with one attached hydrogen (secondary N) is 1. The number of rotatable bonds is 5. The highest BCUT2D eigenvalue weighted by Crippen LogP contribution is 2.35. The summed E-state index contributed by atoms with van der Waals surface area (Å²) in [6.07, 6.45) is 5.84. The Morgan fingerprint density at radius 1 is 1.08 bits per heavy atom. The van der Waals surface area contributed by atoms with Gasteiger partial charge in [0.15, 0.2) is 5.65 Å². The number of anilines is 1. The molecule has 10 nitrogen and oxygen atoms in total. The van der Waals surface area contributed by atoms with E-state index < -0.39 is 0 Å². The number of hydrogen-bond donors (Lipinski definition) is 1. The lowest BCUT2D eigenvalue weighted by atomic mass is 9.95. The highest BCUT2D eigenvalue weighted by atomic mass is 35.5. The van der Waals surface area contributed by atoms with Gasteiger partial charge in [-0.05, 0) is 76.2 Å². The zero-order chi connectivity index (χ0) is 27.4. The van der Waals surface area contributed by atoms with Crippen molar-refractivity contribution in [3.63, 3.8) is 0 Å². The standard InChI is InChI=1S/C28H32ClN9O/c1-16-12-19(17(2)31-22-6-7-23(29)32-25(22)26-30-15-36(4)33-26)24-20(13-16)28(39)37(5)27-21(24)14-38(34-27)18-8-10-35(3)11-9-18/h6-7,12-15,17-18,31H,8-11H2,1-5H3. The number of pyridine rings is 2. The van der Waals surface area contributed by atoms with E-state index >= 15 is 0 Å². The molecule has 1 N–H and O–H groups in total. The molecule has 1 aliphatic heterocycles. The summed E-state index contributed by atoms with van der Waals surface area (Å²) in [5, 5.41) is 15.9. The highest BCUT2D eigenvalue weighted by molar-refractivity contribution is 6.29. The van der Waals surface area contributed by atoms with Crippen molar-refractivity contribution in [1.29, 1.82) is 0 Å². The second kappa shape index (κ2) is 9.77. The Morgan fingerprint density at radius 3 is 2.56 bits per heavy atom. The minimum atomic E-state index is -0.167. The molecule has 0 radical (unpaired) electrons. The number of aromatic nitrogens is 7. The van der Waals surface area contributed by atoms with Crippen LogP contribution in [-0.4, -0.2) is 59.1 Å². The Hall–Kier alpha value is -3.76. The first kappa shape index (κ1) is 25.5. The zero-order valence-electron chi connectivity index (χ0n) is 22.8. The van der Waals surface area contributed by atoms with Gasteiger partial charge in [0.05, 0.1) is 11.7 Å². The monoisotopic (exact) mass is 545 g/mol. The number of hydrogen-bond acceptors (Lipinski definition) is 7. The van der Waals surface area contributed by atoms with Gasteiger partial charge in [-0.25, -0.2) is 9.97 Å². The van der Waals surface area contributed by atoms with Gasteiger partial charge in [-0.3, -0.25) is 18.7 Å². The molecular formula is C28H32ClN9O. The maximum atomic E-state index is 13.6. The third-order valence-corrected chi connectivity index (χ3v) is 7.93. The minimum absolute atomic E-state index is 0.0465. The lowest BCUT2D eigenvalue weighted by Gasteiger charge is -2.28. The molecule has 1 aromatic carbocycles. The van der Waals surface area contributed by atoms with Crippen molar-refractivity contribution in [2.45, 2.75) is 38.8 Å². The third-order valence-electron chi connectivity index (χ3n) is 7.72. The van der Waals surface area contributed by atoms with E-state index in [2.05, 4.69) is 56.2 Å². The molecule has 0 aliphatic carbocycles. The van der Waals surface area contributed by atoms with E-state index in [1.165, 1.54) is 0 Å². The smallest absolute Gasteiger partial charge is 0.259 e. The van der Waals surface area contributed by atoms with E-state index in [0.717, 1.165) is 53.5 Å². The SMILES string of the molecule is Cc1cc(C(C)Nc2ccc(Cl)nc2-c2ncn(C)n2)c2c(c1)c(=O)n(C)c1nn(C3CCN(C)CC3)cc21. The van der Waals surface area contributed by atoms with Gasteiger partial charge >= 0.3 is 0 Å². The van der Waals surface area contributed by atoms with Crippen LogP contribution in [0.3, 0.4) is 0 Å². The molecule has 5 heterocycles. The van der Waals surface area contributed by atoms with Crippen LogP contribution in [0.15, 0.2) is 41.6 Å². The summed E-state index contributed by atoms with van der Waals surface area (Å²) >= 11 is 6.25. The maximum Gasteiger partial charge on any atom is 0.259 e. The summed E-state index contributed by atoms with van der Waals surface area (Å²) in [6.45, 7) is 6.18. The normalized spacial score (nSPS) is 15.8. The fraction of sp³-hybridized carbons (Fsp3) is 0.393. The van der Waals surface area contributed by atoms with Gasteiger partial charge < -0.3 is 10.2 Å². The molecule has 0 spiro atoms. The van der Waals surface area contributed by atoms with Crippen LogP contribution in [0.4, 0.5) is 5.69 Å². The fourth-order valence-electron chi connectivity index (χ4n) is 5.64. The molecule has 202 valence electrons. The van der Waals surface area contributed by atoms with Gasteiger partial charge in [0.1, 0.15) is 17.2 Å². The second-order valence-electron chi connectivity index (χ2n) is 10.7. The van der Waals surface area contributed by atoms with Crippen LogP contribution in [0.2, 0.25) is 5.15 Å². The van der Waals surface area contributed by atoms with E-state index in [-0.39, 0.29) is 11.6 Å². The van der Waals surface area contributed by atoms with Gasteiger partial charge in [0, 0.05) is 42.5 Å². The maximum absolute atomic E-state index is 13.6. The number of benzene rings is 1. The Balaban J connectivity index is 1.49. The molecule has 5 aromatic rings. The van der Waals surface area contributed by atoms with E-state index in [1.54, 1.807) is 21.6 Å². The average molecular weight is 546 g/mol. The van der Waals surface area contributed by atoms with Crippen molar-refractivity contribution in [2.24, 2.45) is 14.1 Å². The van der Waals surface area contributed by atoms with Crippen molar-refractivity contribution in [3.05, 3.63) is 63.4 Å². The average Bonchev–Trinajstić information content (AvgIpc) is 3.55. The number of halogens is 1. The lowest BCUT2D eigenvalue weighted by Crippen LogP contribution is -2.31. The molecule has 1 atom stereocenters. The third kappa shape index (κ3) is 4.57. The molecule has 39 heavy (non-hydrogen) atoms. The van der Waals surface area contributed by atoms with Crippen molar-refractivity contribution in [1.82, 2.24) is 39.0 Å². The van der Waals surface area contributed by atoms with Crippen LogP contribution < -0.4 is 10.9 Å². The van der Waals surface area contributed by atoms with Gasteiger partial charge in [-0.1, -0.05) is 17.7 Å². The first-order chi connectivity index (χ1) is 18.7. The molecular weight excluding hydrogens is 514 g/mol. The van der Waals surface area contributed by atoms with Crippen molar-refractivity contribution >= 4 is 39.1 Å². The highest BCUT2D eigenvalue weighted by Gasteiger charge is 2.24. The van der Waals surface area contributed by atoms with Crippen LogP contribution in [0.25, 0.3) is 33.3 Å². The predicted molar refractivity (Wildman–Crippen MR) is 154 cm³/mol. The molecule has 11 heteroatoms. The molecule has 1 saturated heterocycles. The number of likely N-dealkylation sites (tertiary alicyclic amines) is 1. The lowest BCUT2D eigenvalue weighted by molar-refractivity contribution is 0.213. The largest absolute Gasteiger partial charge is 0.377 e. The second-order valence-corrected chi connectivity index (χ2v) is 11.0. The Labute approximate surface area is 231 Å². The summed E-state index contributed by atoms with van der Waals surface area (Å²) in [5.74, 6) is 0.486. The first-order valence-electron chi connectivity index (χ1n) is 13.2. The summed E-state index contributed by atoms with van der Waals surface area (Å²) < 4.78 is 5.39. The molecule has 4 aromatic heterocycles. The predicted octanol–water partition coefficient (Wildman–Crippen LogP) is 4.48. The minimum Gasteiger partial charge on any atom is -0.377 e. The Kier molecular flexibility index (Phi) is 6.39. The summed E-state index contributed by atoms with van der Waals surface area (Å²) in [5.41, 5.74) is 4.03. The first-order valence-corrected chi connectivity index (χ1v) is 13.6. The Bertz CT molecular complexity index is 1760. The number of piperidine rings is 1. The number of nitrogens with zero attached hydrogens (tertiary/aromatic N) is 8. The van der Waals surface area contributed by atoms with Crippen molar-refractivity contribution < 1.29 is 0 Å². The van der Waals surface area contributed by atoms with Crippen molar-refractivity contribution in [2.75, 3.05) is 25.5 Å². The molecule has 0 saturated carbocycles. The molecule has 6 rings (SSSR count). The summed E-state index contributed by atoms with van der Waals surface area (Å²) in [4.78, 5) is 24.8. The van der Waals surface area contributed by atoms with E-state index in [1.807, 2.05) is 33.2 Å². The quantitative estimate of drug-likeness (QED) is 0.325. The number of fused-ring (bicyclic) bond motifs is 3. The fourth-order valence-corrected chi connectivity index (χ4v) is 5.78. The topological polar surface area (TPSA) is 98.7 Å². The molecule has 0 amide bonds. The van der Waals surface area contributed by atoms with Gasteiger partial charge in [0.25, 0.3) is 5.56 Å². The molecule has 0 bridgehead atoms. The van der Waals surface area contributed by atoms with Crippen LogP contribution in [-0.2, 0) is 14.1 Å². The van der Waals surface area contributed by atoms with Crippen molar-refractivity contribution in [3.8, 4) is 11.5 Å². The van der Waals surface area contributed by atoms with Gasteiger partial charge in [0.2, 0.25) is 5.82 Å². The van der Waals surface area contributed by atoms with Crippen LogP contribution in [0.1, 0.15) is 43.0 Å². The van der Waals surface area contributed by atoms with Gasteiger partial charge in [-0.2, -0.15) is 5.10 Å². The summed E-state index contributed by atoms with van der Waals surface area (Å²) in [6, 6.07) is 7.91. The van der Waals surface area contributed by atoms with Crippen LogP contribution in [0, 0.1) is 6.92 Å². The van der Waals surface area contributed by atoms with E-state index in [9.17, 15) is 4.79 Å². The summed E-state index contributed by atoms with van der Waals surface area (Å²) in [7, 11) is 5.78. The Morgan fingerprint density at radius 2 is 1.85 bits per heavy atom. The van der Waals surface area contributed by atoms with Crippen LogP contribution >= 0.6 is 11.6 Å². The molecule has 1 fully saturated rings. The number of aryl methyl sites for hydroxylation is 3.